The Morgan fingerprint density at radius 3 is 2.50 bits per heavy atom. The summed E-state index contributed by atoms with van der Waals surface area (Å²) in [7, 11) is 0. The number of esters is 1. The Morgan fingerprint density at radius 1 is 1.15 bits per heavy atom. The van der Waals surface area contributed by atoms with Gasteiger partial charge in [0.25, 0.3) is 0 Å². The second kappa shape index (κ2) is 5.16. The molecule has 0 amide bonds. The number of phenols is 1. The normalized spacial score (nSPS) is 11.6. The molecule has 3 nitrogen and oxygen atoms in total. The van der Waals surface area contributed by atoms with E-state index in [1.54, 1.807) is 0 Å². The van der Waals surface area contributed by atoms with Crippen LogP contribution < -0.4 is 0 Å². The lowest BCUT2D eigenvalue weighted by Crippen LogP contribution is -2.24. The molecule has 0 unspecified atom stereocenters. The summed E-state index contributed by atoms with van der Waals surface area (Å²) in [5, 5.41) is 11.7. The maximum atomic E-state index is 11.9. The van der Waals surface area contributed by atoms with Crippen molar-refractivity contribution in [2.45, 2.75) is 39.7 Å². The predicted molar refractivity (Wildman–Crippen MR) is 79.9 cm³/mol. The number of carbonyl (C=O) groups excluding carboxylic acids is 1. The first kappa shape index (κ1) is 14.4. The molecule has 1 N–H and O–H groups in total. The van der Waals surface area contributed by atoms with Crippen LogP contribution in [0.25, 0.3) is 10.8 Å². The molecule has 20 heavy (non-hydrogen) atoms. The first-order valence-electron chi connectivity index (χ1n) is 6.70. The molecule has 2 aromatic carbocycles. The topological polar surface area (TPSA) is 46.5 Å². The Labute approximate surface area is 119 Å². The standard InChI is InChI=1S/C17H20O3/c1-11-8-9-13-12(6-5-7-14(13)16(11)19)10-15(18)20-17(2,3)4/h5-9,19H,10H2,1-4H3. The Hall–Kier alpha value is -2.03. The molecule has 0 aliphatic carbocycles. The summed E-state index contributed by atoms with van der Waals surface area (Å²) in [5.41, 5.74) is 1.21. The second-order valence-corrected chi connectivity index (χ2v) is 6.01. The maximum Gasteiger partial charge on any atom is 0.310 e. The van der Waals surface area contributed by atoms with Gasteiger partial charge in [-0.2, -0.15) is 0 Å². The fraction of sp³-hybridized carbons (Fsp3) is 0.353. The van der Waals surface area contributed by atoms with E-state index >= 15 is 0 Å². The highest BCUT2D eigenvalue weighted by atomic mass is 16.6. The average molecular weight is 272 g/mol. The van der Waals surface area contributed by atoms with Gasteiger partial charge >= 0.3 is 5.97 Å². The van der Waals surface area contributed by atoms with E-state index < -0.39 is 5.60 Å². The van der Waals surface area contributed by atoms with E-state index in [1.807, 2.05) is 58.0 Å². The van der Waals surface area contributed by atoms with Crippen LogP contribution >= 0.6 is 0 Å². The maximum absolute atomic E-state index is 11.9. The van der Waals surface area contributed by atoms with E-state index in [-0.39, 0.29) is 18.1 Å². The molecule has 0 atom stereocenters. The molecular weight excluding hydrogens is 252 g/mol. The third-order valence-electron chi connectivity index (χ3n) is 3.08. The number of benzene rings is 2. The smallest absolute Gasteiger partial charge is 0.310 e. The van der Waals surface area contributed by atoms with Crippen molar-refractivity contribution in [3.63, 3.8) is 0 Å². The summed E-state index contributed by atoms with van der Waals surface area (Å²) in [6.45, 7) is 7.41. The summed E-state index contributed by atoms with van der Waals surface area (Å²) in [4.78, 5) is 11.9. The average Bonchev–Trinajstić information content (AvgIpc) is 2.32. The summed E-state index contributed by atoms with van der Waals surface area (Å²) < 4.78 is 5.34. The van der Waals surface area contributed by atoms with Crippen molar-refractivity contribution in [1.82, 2.24) is 0 Å². The third kappa shape index (κ3) is 3.10. The highest BCUT2D eigenvalue weighted by Gasteiger charge is 2.17. The minimum Gasteiger partial charge on any atom is -0.507 e. The van der Waals surface area contributed by atoms with Crippen molar-refractivity contribution in [3.05, 3.63) is 41.5 Å². The molecule has 0 saturated carbocycles. The zero-order valence-electron chi connectivity index (χ0n) is 12.4. The van der Waals surface area contributed by atoms with Crippen LogP contribution in [0.5, 0.6) is 5.75 Å². The van der Waals surface area contributed by atoms with Crippen LogP contribution in [0.4, 0.5) is 0 Å². The summed E-state index contributed by atoms with van der Waals surface area (Å²) in [5.74, 6) is 0.0126. The summed E-state index contributed by atoms with van der Waals surface area (Å²) in [6.07, 6.45) is 0.205. The number of ether oxygens (including phenoxy) is 1. The van der Waals surface area contributed by atoms with Crippen molar-refractivity contribution >= 4 is 16.7 Å². The summed E-state index contributed by atoms with van der Waals surface area (Å²) in [6, 6.07) is 9.39. The van der Waals surface area contributed by atoms with Crippen molar-refractivity contribution in [2.24, 2.45) is 0 Å². The molecule has 106 valence electrons. The zero-order chi connectivity index (χ0) is 14.9. The molecule has 0 saturated heterocycles. The SMILES string of the molecule is Cc1ccc2c(CC(=O)OC(C)(C)C)cccc2c1O. The molecule has 2 aromatic rings. The van der Waals surface area contributed by atoms with Crippen molar-refractivity contribution in [2.75, 3.05) is 0 Å². The lowest BCUT2D eigenvalue weighted by Gasteiger charge is -2.19. The molecule has 3 heteroatoms. The fourth-order valence-corrected chi connectivity index (χ4v) is 2.20. The fourth-order valence-electron chi connectivity index (χ4n) is 2.20. The molecule has 0 bridgehead atoms. The van der Waals surface area contributed by atoms with Crippen LogP contribution in [0.15, 0.2) is 30.3 Å². The Balaban J connectivity index is 2.36. The highest BCUT2D eigenvalue weighted by Crippen LogP contribution is 2.30. The van der Waals surface area contributed by atoms with Gasteiger partial charge in [-0.25, -0.2) is 0 Å². The van der Waals surface area contributed by atoms with Gasteiger partial charge in [0.05, 0.1) is 6.42 Å². The van der Waals surface area contributed by atoms with Crippen molar-refractivity contribution < 1.29 is 14.6 Å². The number of hydrogen-bond acceptors (Lipinski definition) is 3. The Morgan fingerprint density at radius 2 is 1.85 bits per heavy atom. The Kier molecular flexibility index (Phi) is 3.71. The summed E-state index contributed by atoms with van der Waals surface area (Å²) >= 11 is 0. The van der Waals surface area contributed by atoms with Gasteiger partial charge in [-0.1, -0.05) is 30.3 Å². The van der Waals surface area contributed by atoms with Crippen LogP contribution in [0.2, 0.25) is 0 Å². The first-order valence-corrected chi connectivity index (χ1v) is 6.70. The van der Waals surface area contributed by atoms with E-state index in [2.05, 4.69) is 0 Å². The predicted octanol–water partition coefficient (Wildman–Crippen LogP) is 3.74. The second-order valence-electron chi connectivity index (χ2n) is 6.01. The lowest BCUT2D eigenvalue weighted by molar-refractivity contribution is -0.153. The van der Waals surface area contributed by atoms with Crippen LogP contribution in [0.3, 0.4) is 0 Å². The minimum atomic E-state index is -0.486. The van der Waals surface area contributed by atoms with E-state index in [0.29, 0.717) is 0 Å². The molecule has 0 fully saturated rings. The van der Waals surface area contributed by atoms with Crippen LogP contribution in [0, 0.1) is 6.92 Å². The van der Waals surface area contributed by atoms with Gasteiger partial charge in [-0.3, -0.25) is 4.79 Å². The quantitative estimate of drug-likeness (QED) is 0.847. The number of phenolic OH excluding ortho intramolecular Hbond substituents is 1. The Bertz CT molecular complexity index is 651. The minimum absolute atomic E-state index is 0.205. The molecule has 0 aliphatic heterocycles. The van der Waals surface area contributed by atoms with Crippen molar-refractivity contribution in [3.8, 4) is 5.75 Å². The molecule has 0 spiro atoms. The van der Waals surface area contributed by atoms with Gasteiger partial charge in [-0.15, -0.1) is 0 Å². The number of rotatable bonds is 2. The lowest BCUT2D eigenvalue weighted by atomic mass is 9.99. The molecule has 0 aliphatic rings. The van der Waals surface area contributed by atoms with Gasteiger partial charge in [0.15, 0.2) is 0 Å². The number of aryl methyl sites for hydroxylation is 1. The third-order valence-corrected chi connectivity index (χ3v) is 3.08. The molecule has 2 rings (SSSR count). The van der Waals surface area contributed by atoms with E-state index in [0.717, 1.165) is 21.9 Å². The number of aromatic hydroxyl groups is 1. The van der Waals surface area contributed by atoms with Gasteiger partial charge < -0.3 is 9.84 Å². The van der Waals surface area contributed by atoms with Gasteiger partial charge in [0, 0.05) is 5.39 Å². The molecular formula is C17H20O3. The first-order chi connectivity index (χ1) is 9.28. The highest BCUT2D eigenvalue weighted by molar-refractivity contribution is 5.93. The van der Waals surface area contributed by atoms with Crippen molar-refractivity contribution in [1.29, 1.82) is 0 Å². The molecule has 0 aromatic heterocycles. The van der Waals surface area contributed by atoms with Gasteiger partial charge in [0.2, 0.25) is 0 Å². The molecule has 0 radical (unpaired) electrons. The molecule has 0 heterocycles. The largest absolute Gasteiger partial charge is 0.507 e. The van der Waals surface area contributed by atoms with E-state index in [4.69, 9.17) is 4.74 Å². The number of carbonyl (C=O) groups is 1. The zero-order valence-corrected chi connectivity index (χ0v) is 12.4. The van der Waals surface area contributed by atoms with Crippen LogP contribution in [-0.4, -0.2) is 16.7 Å². The number of fused-ring (bicyclic) bond motifs is 1. The van der Waals surface area contributed by atoms with Gasteiger partial charge in [0.1, 0.15) is 11.4 Å². The number of hydrogen-bond donors (Lipinski definition) is 1. The van der Waals surface area contributed by atoms with E-state index in [1.165, 1.54) is 0 Å². The van der Waals surface area contributed by atoms with E-state index in [9.17, 15) is 9.90 Å². The monoisotopic (exact) mass is 272 g/mol. The van der Waals surface area contributed by atoms with Crippen LogP contribution in [0.1, 0.15) is 31.9 Å². The van der Waals surface area contributed by atoms with Crippen LogP contribution in [-0.2, 0) is 16.0 Å². The van der Waals surface area contributed by atoms with Gasteiger partial charge in [-0.05, 0) is 44.2 Å².